The van der Waals surface area contributed by atoms with E-state index in [0.717, 1.165) is 50.4 Å². The van der Waals surface area contributed by atoms with Gasteiger partial charge in [0, 0.05) is 37.6 Å². The van der Waals surface area contributed by atoms with Gasteiger partial charge in [0.15, 0.2) is 0 Å². The highest BCUT2D eigenvalue weighted by molar-refractivity contribution is 5.68. The number of anilines is 2. The van der Waals surface area contributed by atoms with E-state index in [4.69, 9.17) is 4.74 Å². The fourth-order valence-electron chi connectivity index (χ4n) is 2.69. The van der Waals surface area contributed by atoms with Crippen LogP contribution in [0.5, 0.6) is 0 Å². The minimum absolute atomic E-state index is 0.115. The maximum atomic E-state index is 11.9. The molecule has 6 nitrogen and oxygen atoms in total. The summed E-state index contributed by atoms with van der Waals surface area (Å²) in [6.45, 7) is 10.4. The highest BCUT2D eigenvalue weighted by Crippen LogP contribution is 2.22. The van der Waals surface area contributed by atoms with Crippen LogP contribution in [0.3, 0.4) is 0 Å². The van der Waals surface area contributed by atoms with Gasteiger partial charge >= 0.3 is 6.09 Å². The molecule has 0 aromatic carbocycles. The van der Waals surface area contributed by atoms with Crippen LogP contribution in [0.25, 0.3) is 0 Å². The van der Waals surface area contributed by atoms with Gasteiger partial charge in [0.05, 0.1) is 6.04 Å². The van der Waals surface area contributed by atoms with Crippen molar-refractivity contribution in [2.24, 2.45) is 0 Å². The van der Waals surface area contributed by atoms with E-state index in [2.05, 4.69) is 33.5 Å². The largest absolute Gasteiger partial charge is 0.444 e. The number of carbonyl (C=O) groups is 1. The Morgan fingerprint density at radius 1 is 1.46 bits per heavy atom. The number of amides is 1. The minimum Gasteiger partial charge on any atom is -0.444 e. The molecular weight excluding hydrogens is 304 g/mol. The van der Waals surface area contributed by atoms with Crippen molar-refractivity contribution in [1.82, 2.24) is 10.3 Å². The monoisotopic (exact) mass is 334 g/mol. The molecule has 1 fully saturated rings. The predicted molar refractivity (Wildman–Crippen MR) is 97.6 cm³/mol. The van der Waals surface area contributed by atoms with Gasteiger partial charge in [-0.3, -0.25) is 0 Å². The van der Waals surface area contributed by atoms with Crippen molar-refractivity contribution in [2.75, 3.05) is 29.9 Å². The van der Waals surface area contributed by atoms with E-state index < -0.39 is 5.60 Å². The SMILES string of the molecule is CCCCNc1cc(N2CCC(NC(=O)OC(C)(C)C)C2)ccn1. The molecule has 1 aliphatic rings. The molecule has 0 saturated carbocycles. The normalized spacial score (nSPS) is 17.7. The average molecular weight is 334 g/mol. The highest BCUT2D eigenvalue weighted by Gasteiger charge is 2.26. The maximum absolute atomic E-state index is 11.9. The van der Waals surface area contributed by atoms with E-state index in [0.29, 0.717) is 0 Å². The highest BCUT2D eigenvalue weighted by atomic mass is 16.6. The second-order valence-electron chi connectivity index (χ2n) is 7.26. The van der Waals surface area contributed by atoms with Crippen molar-refractivity contribution in [3.63, 3.8) is 0 Å². The Kier molecular flexibility index (Phi) is 6.29. The summed E-state index contributed by atoms with van der Waals surface area (Å²) in [6, 6.07) is 4.20. The van der Waals surface area contributed by atoms with Crippen molar-refractivity contribution in [2.45, 2.75) is 58.6 Å². The quantitative estimate of drug-likeness (QED) is 0.781. The summed E-state index contributed by atoms with van der Waals surface area (Å²) < 4.78 is 5.33. The van der Waals surface area contributed by atoms with E-state index in [1.807, 2.05) is 33.0 Å². The summed E-state index contributed by atoms with van der Waals surface area (Å²) in [5.74, 6) is 0.907. The molecule has 0 bridgehead atoms. The summed E-state index contributed by atoms with van der Waals surface area (Å²) in [5.41, 5.74) is 0.671. The van der Waals surface area contributed by atoms with E-state index in [-0.39, 0.29) is 12.1 Å². The Morgan fingerprint density at radius 3 is 2.96 bits per heavy atom. The molecule has 24 heavy (non-hydrogen) atoms. The number of hydrogen-bond donors (Lipinski definition) is 2. The average Bonchev–Trinajstić information content (AvgIpc) is 2.94. The maximum Gasteiger partial charge on any atom is 0.407 e. The van der Waals surface area contributed by atoms with Crippen molar-refractivity contribution in [3.8, 4) is 0 Å². The van der Waals surface area contributed by atoms with Crippen LogP contribution in [0.15, 0.2) is 18.3 Å². The molecule has 6 heteroatoms. The number of hydrogen-bond acceptors (Lipinski definition) is 5. The van der Waals surface area contributed by atoms with Gasteiger partial charge in [-0.05, 0) is 39.7 Å². The molecule has 1 unspecified atom stereocenters. The van der Waals surface area contributed by atoms with Gasteiger partial charge in [-0.25, -0.2) is 9.78 Å². The number of unbranched alkanes of at least 4 members (excludes halogenated alkanes) is 1. The van der Waals surface area contributed by atoms with Crippen LogP contribution in [-0.4, -0.2) is 42.4 Å². The van der Waals surface area contributed by atoms with E-state index in [1.54, 1.807) is 0 Å². The Labute approximate surface area is 145 Å². The molecule has 2 rings (SSSR count). The topological polar surface area (TPSA) is 66.5 Å². The standard InChI is InChI=1S/C18H30N4O2/c1-5-6-9-19-16-12-15(7-10-20-16)22-11-8-14(13-22)21-17(23)24-18(2,3)4/h7,10,12,14H,5-6,8-9,11,13H2,1-4H3,(H,19,20)(H,21,23). The van der Waals surface area contributed by atoms with Gasteiger partial charge in [0.1, 0.15) is 11.4 Å². The summed E-state index contributed by atoms with van der Waals surface area (Å²) in [4.78, 5) is 18.5. The van der Waals surface area contributed by atoms with Crippen LogP contribution in [0.1, 0.15) is 47.0 Å². The molecule has 0 radical (unpaired) electrons. The van der Waals surface area contributed by atoms with Crippen LogP contribution in [-0.2, 0) is 4.74 Å². The second-order valence-corrected chi connectivity index (χ2v) is 7.26. The van der Waals surface area contributed by atoms with E-state index in [1.165, 1.54) is 0 Å². The van der Waals surface area contributed by atoms with Gasteiger partial charge in [0.25, 0.3) is 0 Å². The third-order valence-electron chi connectivity index (χ3n) is 3.85. The second kappa shape index (κ2) is 8.22. The first-order valence-electron chi connectivity index (χ1n) is 8.82. The minimum atomic E-state index is -0.466. The predicted octanol–water partition coefficient (Wildman–Crippen LogP) is 3.40. The Morgan fingerprint density at radius 2 is 2.25 bits per heavy atom. The summed E-state index contributed by atoms with van der Waals surface area (Å²) in [6.07, 6.45) is 4.71. The smallest absolute Gasteiger partial charge is 0.407 e. The van der Waals surface area contributed by atoms with Gasteiger partial charge in [-0.1, -0.05) is 13.3 Å². The zero-order valence-electron chi connectivity index (χ0n) is 15.3. The van der Waals surface area contributed by atoms with Crippen LogP contribution in [0.4, 0.5) is 16.3 Å². The molecule has 1 saturated heterocycles. The van der Waals surface area contributed by atoms with Crippen molar-refractivity contribution in [1.29, 1.82) is 0 Å². The number of nitrogens with one attached hydrogen (secondary N) is 2. The Balaban J connectivity index is 1.86. The summed E-state index contributed by atoms with van der Waals surface area (Å²) in [5, 5.41) is 6.31. The first kappa shape index (κ1) is 18.4. The lowest BCUT2D eigenvalue weighted by Crippen LogP contribution is -2.40. The van der Waals surface area contributed by atoms with Crippen molar-refractivity contribution >= 4 is 17.6 Å². The number of pyridine rings is 1. The molecule has 1 aliphatic heterocycles. The van der Waals surface area contributed by atoms with Crippen LogP contribution in [0.2, 0.25) is 0 Å². The number of ether oxygens (including phenoxy) is 1. The fourth-order valence-corrected chi connectivity index (χ4v) is 2.69. The number of nitrogens with zero attached hydrogens (tertiary/aromatic N) is 2. The van der Waals surface area contributed by atoms with Crippen LogP contribution < -0.4 is 15.5 Å². The zero-order chi connectivity index (χ0) is 17.6. The Hall–Kier alpha value is -1.98. The first-order valence-corrected chi connectivity index (χ1v) is 8.82. The fraction of sp³-hybridized carbons (Fsp3) is 0.667. The van der Waals surface area contributed by atoms with Gasteiger partial charge in [-0.2, -0.15) is 0 Å². The van der Waals surface area contributed by atoms with Crippen molar-refractivity contribution < 1.29 is 9.53 Å². The molecule has 1 atom stereocenters. The third kappa shape index (κ3) is 5.91. The molecule has 0 spiro atoms. The summed E-state index contributed by atoms with van der Waals surface area (Å²) in [7, 11) is 0. The Bertz CT molecular complexity index is 542. The molecule has 1 aromatic heterocycles. The third-order valence-corrected chi connectivity index (χ3v) is 3.85. The molecule has 1 amide bonds. The number of rotatable bonds is 6. The van der Waals surface area contributed by atoms with Crippen LogP contribution >= 0.6 is 0 Å². The number of carbonyl (C=O) groups excluding carboxylic acids is 1. The summed E-state index contributed by atoms with van der Waals surface area (Å²) >= 11 is 0. The lowest BCUT2D eigenvalue weighted by molar-refractivity contribution is 0.0509. The van der Waals surface area contributed by atoms with E-state index in [9.17, 15) is 4.79 Å². The lowest BCUT2D eigenvalue weighted by atomic mass is 10.2. The number of alkyl carbamates (subject to hydrolysis) is 1. The molecular formula is C18H30N4O2. The molecule has 2 N–H and O–H groups in total. The molecule has 134 valence electrons. The van der Waals surface area contributed by atoms with Crippen LogP contribution in [0, 0.1) is 0 Å². The van der Waals surface area contributed by atoms with Gasteiger partial charge < -0.3 is 20.3 Å². The zero-order valence-corrected chi connectivity index (χ0v) is 15.3. The van der Waals surface area contributed by atoms with E-state index >= 15 is 0 Å². The van der Waals surface area contributed by atoms with Gasteiger partial charge in [-0.15, -0.1) is 0 Å². The van der Waals surface area contributed by atoms with Gasteiger partial charge in [0.2, 0.25) is 0 Å². The molecule has 1 aromatic rings. The van der Waals surface area contributed by atoms with Crippen molar-refractivity contribution in [3.05, 3.63) is 18.3 Å². The number of aromatic nitrogens is 1. The molecule has 0 aliphatic carbocycles. The molecule has 2 heterocycles. The lowest BCUT2D eigenvalue weighted by Gasteiger charge is -2.22. The first-order chi connectivity index (χ1) is 11.4.